The zero-order chi connectivity index (χ0) is 11.0. The molecular weight excluding hydrogens is 220 g/mol. The molecule has 0 saturated heterocycles. The van der Waals surface area contributed by atoms with Gasteiger partial charge in [-0.3, -0.25) is 4.98 Å². The molecule has 3 heteroatoms. The minimum atomic E-state index is 0.729. The maximum Gasteiger partial charge on any atom is 0.0943 e. The molecule has 1 aromatic carbocycles. The first-order chi connectivity index (χ1) is 7.84. The van der Waals surface area contributed by atoms with Crippen LogP contribution in [0.15, 0.2) is 55.0 Å². The SMILES string of the molecule is Clc1cccc(-c2nccn3cccc23)c1. The lowest BCUT2D eigenvalue weighted by molar-refractivity contribution is 1.14. The Morgan fingerprint density at radius 1 is 1.06 bits per heavy atom. The third-order valence-electron chi connectivity index (χ3n) is 2.55. The van der Waals surface area contributed by atoms with Crippen molar-refractivity contribution >= 4 is 17.1 Å². The summed E-state index contributed by atoms with van der Waals surface area (Å²) in [5, 5.41) is 0.729. The Kier molecular flexibility index (Phi) is 2.15. The van der Waals surface area contributed by atoms with Crippen LogP contribution in [0.2, 0.25) is 5.02 Å². The summed E-state index contributed by atoms with van der Waals surface area (Å²) in [5.74, 6) is 0. The molecule has 0 aliphatic rings. The van der Waals surface area contributed by atoms with Gasteiger partial charge in [-0.1, -0.05) is 23.7 Å². The molecule has 2 heterocycles. The average molecular weight is 229 g/mol. The Balaban J connectivity index is 2.29. The zero-order valence-electron chi connectivity index (χ0n) is 8.47. The number of aromatic nitrogens is 2. The number of benzene rings is 1. The Morgan fingerprint density at radius 3 is 2.88 bits per heavy atom. The molecule has 3 rings (SSSR count). The molecule has 0 amide bonds. The monoisotopic (exact) mass is 228 g/mol. The Hall–Kier alpha value is -1.80. The van der Waals surface area contributed by atoms with Gasteiger partial charge in [0.2, 0.25) is 0 Å². The van der Waals surface area contributed by atoms with Crippen LogP contribution in [0.25, 0.3) is 16.8 Å². The summed E-state index contributed by atoms with van der Waals surface area (Å²) in [6.45, 7) is 0. The third-order valence-corrected chi connectivity index (χ3v) is 2.79. The minimum absolute atomic E-state index is 0.729. The number of fused-ring (bicyclic) bond motifs is 1. The second-order valence-corrected chi connectivity index (χ2v) is 4.02. The molecule has 0 saturated carbocycles. The first-order valence-corrected chi connectivity index (χ1v) is 5.40. The van der Waals surface area contributed by atoms with Crippen LogP contribution in [0.3, 0.4) is 0 Å². The molecule has 0 spiro atoms. The molecule has 16 heavy (non-hydrogen) atoms. The fraction of sp³-hybridized carbons (Fsp3) is 0. The van der Waals surface area contributed by atoms with Crippen LogP contribution in [-0.2, 0) is 0 Å². The average Bonchev–Trinajstić information content (AvgIpc) is 2.76. The smallest absolute Gasteiger partial charge is 0.0943 e. The summed E-state index contributed by atoms with van der Waals surface area (Å²) < 4.78 is 2.04. The molecule has 0 aliphatic heterocycles. The summed E-state index contributed by atoms with van der Waals surface area (Å²) in [4.78, 5) is 4.41. The number of hydrogen-bond acceptors (Lipinski definition) is 1. The maximum atomic E-state index is 5.99. The van der Waals surface area contributed by atoms with E-state index in [1.165, 1.54) is 0 Å². The van der Waals surface area contributed by atoms with Gasteiger partial charge >= 0.3 is 0 Å². The second kappa shape index (κ2) is 3.65. The quantitative estimate of drug-likeness (QED) is 0.621. The van der Waals surface area contributed by atoms with Gasteiger partial charge in [-0.25, -0.2) is 0 Å². The third kappa shape index (κ3) is 1.48. The number of hydrogen-bond donors (Lipinski definition) is 0. The van der Waals surface area contributed by atoms with Crippen LogP contribution in [0.1, 0.15) is 0 Å². The van der Waals surface area contributed by atoms with Crippen molar-refractivity contribution in [3.05, 3.63) is 60.0 Å². The van der Waals surface area contributed by atoms with Gasteiger partial charge in [0.05, 0.1) is 11.2 Å². The highest BCUT2D eigenvalue weighted by Gasteiger charge is 2.04. The van der Waals surface area contributed by atoms with Crippen molar-refractivity contribution in [3.8, 4) is 11.3 Å². The highest BCUT2D eigenvalue weighted by molar-refractivity contribution is 6.30. The van der Waals surface area contributed by atoms with E-state index in [0.717, 1.165) is 21.8 Å². The molecule has 0 radical (unpaired) electrons. The molecule has 3 aromatic rings. The Labute approximate surface area is 98.1 Å². The van der Waals surface area contributed by atoms with Gasteiger partial charge in [-0.05, 0) is 24.3 Å². The Bertz CT molecular complexity index is 643. The standard InChI is InChI=1S/C13H9ClN2/c14-11-4-1-3-10(9-11)13-12-5-2-7-16(12)8-6-15-13/h1-9H. The lowest BCUT2D eigenvalue weighted by Crippen LogP contribution is -1.89. The van der Waals surface area contributed by atoms with Gasteiger partial charge < -0.3 is 4.40 Å². The summed E-state index contributed by atoms with van der Waals surface area (Å²) >= 11 is 5.99. The van der Waals surface area contributed by atoms with E-state index < -0.39 is 0 Å². The van der Waals surface area contributed by atoms with Crippen LogP contribution in [0, 0.1) is 0 Å². The van der Waals surface area contributed by atoms with Crippen LogP contribution in [0.4, 0.5) is 0 Å². The first kappa shape index (κ1) is 9.43. The van der Waals surface area contributed by atoms with Gasteiger partial charge in [0, 0.05) is 29.2 Å². The van der Waals surface area contributed by atoms with E-state index in [9.17, 15) is 0 Å². The number of nitrogens with zero attached hydrogens (tertiary/aromatic N) is 2. The van der Waals surface area contributed by atoms with E-state index in [4.69, 9.17) is 11.6 Å². The minimum Gasteiger partial charge on any atom is -0.320 e. The van der Waals surface area contributed by atoms with E-state index >= 15 is 0 Å². The van der Waals surface area contributed by atoms with Gasteiger partial charge in [-0.2, -0.15) is 0 Å². The molecule has 0 N–H and O–H groups in total. The number of rotatable bonds is 1. The fourth-order valence-electron chi connectivity index (χ4n) is 1.83. The van der Waals surface area contributed by atoms with E-state index in [1.807, 2.05) is 53.2 Å². The van der Waals surface area contributed by atoms with E-state index in [0.29, 0.717) is 0 Å². The van der Waals surface area contributed by atoms with Gasteiger partial charge in [0.15, 0.2) is 0 Å². The van der Waals surface area contributed by atoms with Gasteiger partial charge in [0.25, 0.3) is 0 Å². The molecule has 2 nitrogen and oxygen atoms in total. The summed E-state index contributed by atoms with van der Waals surface area (Å²) in [6, 6.07) is 11.8. The molecular formula is C13H9ClN2. The largest absolute Gasteiger partial charge is 0.320 e. The molecule has 0 aliphatic carbocycles. The van der Waals surface area contributed by atoms with Crippen molar-refractivity contribution in [2.24, 2.45) is 0 Å². The van der Waals surface area contributed by atoms with Crippen molar-refractivity contribution in [3.63, 3.8) is 0 Å². The molecule has 0 unspecified atom stereocenters. The topological polar surface area (TPSA) is 17.3 Å². The second-order valence-electron chi connectivity index (χ2n) is 3.59. The number of halogens is 1. The van der Waals surface area contributed by atoms with E-state index in [2.05, 4.69) is 4.98 Å². The van der Waals surface area contributed by atoms with E-state index in [1.54, 1.807) is 6.20 Å². The van der Waals surface area contributed by atoms with E-state index in [-0.39, 0.29) is 0 Å². The van der Waals surface area contributed by atoms with Crippen LogP contribution in [-0.4, -0.2) is 9.38 Å². The van der Waals surface area contributed by atoms with Gasteiger partial charge in [0.1, 0.15) is 0 Å². The Morgan fingerprint density at radius 2 is 2.00 bits per heavy atom. The van der Waals surface area contributed by atoms with Crippen molar-refractivity contribution in [1.29, 1.82) is 0 Å². The summed E-state index contributed by atoms with van der Waals surface area (Å²) in [5.41, 5.74) is 3.08. The molecule has 2 aromatic heterocycles. The fourth-order valence-corrected chi connectivity index (χ4v) is 2.02. The lowest BCUT2D eigenvalue weighted by atomic mass is 10.1. The summed E-state index contributed by atoms with van der Waals surface area (Å²) in [6.07, 6.45) is 5.73. The maximum absolute atomic E-state index is 5.99. The normalized spacial score (nSPS) is 10.8. The van der Waals surface area contributed by atoms with Crippen molar-refractivity contribution in [1.82, 2.24) is 9.38 Å². The van der Waals surface area contributed by atoms with Gasteiger partial charge in [-0.15, -0.1) is 0 Å². The predicted molar refractivity (Wildman–Crippen MR) is 65.6 cm³/mol. The van der Waals surface area contributed by atoms with Crippen molar-refractivity contribution in [2.45, 2.75) is 0 Å². The molecule has 0 fully saturated rings. The first-order valence-electron chi connectivity index (χ1n) is 5.02. The lowest BCUT2D eigenvalue weighted by Gasteiger charge is -2.04. The van der Waals surface area contributed by atoms with Crippen molar-refractivity contribution < 1.29 is 0 Å². The molecule has 0 atom stereocenters. The predicted octanol–water partition coefficient (Wildman–Crippen LogP) is 3.65. The van der Waals surface area contributed by atoms with Crippen LogP contribution >= 0.6 is 11.6 Å². The summed E-state index contributed by atoms with van der Waals surface area (Å²) in [7, 11) is 0. The molecule has 78 valence electrons. The van der Waals surface area contributed by atoms with Crippen LogP contribution in [0.5, 0.6) is 0 Å². The molecule has 0 bridgehead atoms. The zero-order valence-corrected chi connectivity index (χ0v) is 9.22. The van der Waals surface area contributed by atoms with Crippen molar-refractivity contribution in [2.75, 3.05) is 0 Å². The highest BCUT2D eigenvalue weighted by Crippen LogP contribution is 2.24. The van der Waals surface area contributed by atoms with Crippen LogP contribution < -0.4 is 0 Å². The highest BCUT2D eigenvalue weighted by atomic mass is 35.5.